The van der Waals surface area contributed by atoms with Gasteiger partial charge in [-0.3, -0.25) is 9.59 Å². The zero-order valence-electron chi connectivity index (χ0n) is 9.28. The van der Waals surface area contributed by atoms with Crippen LogP contribution in [0.15, 0.2) is 22.7 Å². The first-order valence-electron chi connectivity index (χ1n) is 5.45. The monoisotopic (exact) mass is 296 g/mol. The second kappa shape index (κ2) is 4.87. The number of amides is 2. The minimum atomic E-state index is -0.387. The van der Waals surface area contributed by atoms with Crippen molar-refractivity contribution in [2.75, 3.05) is 11.4 Å². The second-order valence-electron chi connectivity index (χ2n) is 4.03. The Labute approximate surface area is 108 Å². The molecule has 0 radical (unpaired) electrons. The van der Waals surface area contributed by atoms with Crippen LogP contribution in [-0.4, -0.2) is 18.4 Å². The first kappa shape index (κ1) is 12.1. The molecule has 0 fully saturated rings. The van der Waals surface area contributed by atoms with Crippen molar-refractivity contribution in [1.29, 1.82) is 0 Å². The summed E-state index contributed by atoms with van der Waals surface area (Å²) in [6.45, 7) is 0.364. The number of aryl methyl sites for hydroxylation is 1. The molecule has 2 N–H and O–H groups in total. The molecule has 17 heavy (non-hydrogen) atoms. The summed E-state index contributed by atoms with van der Waals surface area (Å²) in [4.78, 5) is 24.3. The van der Waals surface area contributed by atoms with Gasteiger partial charge in [-0.15, -0.1) is 0 Å². The Bertz CT molecular complexity index is 474. The number of carbonyl (C=O) groups excluding carboxylic acids is 2. The predicted molar refractivity (Wildman–Crippen MR) is 68.6 cm³/mol. The molecule has 0 spiro atoms. The Morgan fingerprint density at radius 1 is 1.41 bits per heavy atom. The number of benzene rings is 1. The quantitative estimate of drug-likeness (QED) is 0.921. The lowest BCUT2D eigenvalue weighted by molar-refractivity contribution is -0.119. The van der Waals surface area contributed by atoms with E-state index in [2.05, 4.69) is 15.9 Å². The van der Waals surface area contributed by atoms with Gasteiger partial charge in [-0.2, -0.15) is 0 Å². The fourth-order valence-corrected chi connectivity index (χ4v) is 2.40. The molecule has 1 aliphatic rings. The normalized spacial score (nSPS) is 14.6. The molecule has 2 amide bonds. The molecule has 0 saturated carbocycles. The lowest BCUT2D eigenvalue weighted by atomic mass is 10.0. The van der Waals surface area contributed by atoms with Crippen LogP contribution >= 0.6 is 15.9 Å². The molecule has 0 unspecified atom stereocenters. The smallest absolute Gasteiger partial charge is 0.227 e. The molecule has 1 aromatic rings. The van der Waals surface area contributed by atoms with Crippen LogP contribution in [0.3, 0.4) is 0 Å². The van der Waals surface area contributed by atoms with Gasteiger partial charge < -0.3 is 10.6 Å². The summed E-state index contributed by atoms with van der Waals surface area (Å²) < 4.78 is 1.00. The van der Waals surface area contributed by atoms with Crippen LogP contribution in [0.25, 0.3) is 0 Å². The predicted octanol–water partition coefficient (Wildman–Crippen LogP) is 1.60. The Morgan fingerprint density at radius 2 is 2.18 bits per heavy atom. The summed E-state index contributed by atoms with van der Waals surface area (Å²) in [5.41, 5.74) is 7.14. The zero-order chi connectivity index (χ0) is 12.4. The third-order valence-electron chi connectivity index (χ3n) is 2.82. The van der Waals surface area contributed by atoms with Crippen LogP contribution in [-0.2, 0) is 16.0 Å². The minimum Gasteiger partial charge on any atom is -0.370 e. The van der Waals surface area contributed by atoms with Gasteiger partial charge in [0.15, 0.2) is 0 Å². The molecular weight excluding hydrogens is 284 g/mol. The highest BCUT2D eigenvalue weighted by atomic mass is 79.9. The van der Waals surface area contributed by atoms with Gasteiger partial charge in [0.2, 0.25) is 11.8 Å². The molecule has 4 nitrogen and oxygen atoms in total. The molecular formula is C12H13BrN2O2. The minimum absolute atomic E-state index is 0.0565. The summed E-state index contributed by atoms with van der Waals surface area (Å²) >= 11 is 3.41. The molecule has 5 heteroatoms. The number of hydrogen-bond donors (Lipinski definition) is 1. The van der Waals surface area contributed by atoms with Gasteiger partial charge in [0.25, 0.3) is 0 Å². The standard InChI is InChI=1S/C12H13BrN2O2/c13-9-2-3-10-8(7-9)1-4-12(17)15(10)6-5-11(14)16/h2-3,7H,1,4-6H2,(H2,14,16). The maximum atomic E-state index is 11.8. The van der Waals surface area contributed by atoms with Crippen molar-refractivity contribution in [3.63, 3.8) is 0 Å². The van der Waals surface area contributed by atoms with Crippen LogP contribution in [0.4, 0.5) is 5.69 Å². The maximum absolute atomic E-state index is 11.8. The van der Waals surface area contributed by atoms with E-state index in [4.69, 9.17) is 5.73 Å². The van der Waals surface area contributed by atoms with E-state index in [9.17, 15) is 9.59 Å². The van der Waals surface area contributed by atoms with Crippen LogP contribution < -0.4 is 10.6 Å². The average Bonchev–Trinajstić information content (AvgIpc) is 2.27. The van der Waals surface area contributed by atoms with Crippen molar-refractivity contribution in [2.45, 2.75) is 19.3 Å². The van der Waals surface area contributed by atoms with E-state index < -0.39 is 0 Å². The molecule has 1 aromatic carbocycles. The number of nitrogens with two attached hydrogens (primary N) is 1. The Balaban J connectivity index is 2.27. The van der Waals surface area contributed by atoms with Gasteiger partial charge in [0.05, 0.1) is 0 Å². The lowest BCUT2D eigenvalue weighted by Gasteiger charge is -2.29. The second-order valence-corrected chi connectivity index (χ2v) is 4.95. The van der Waals surface area contributed by atoms with E-state index in [0.29, 0.717) is 13.0 Å². The fourth-order valence-electron chi connectivity index (χ4n) is 2.00. The highest BCUT2D eigenvalue weighted by Gasteiger charge is 2.24. The van der Waals surface area contributed by atoms with Crippen molar-refractivity contribution in [3.05, 3.63) is 28.2 Å². The maximum Gasteiger partial charge on any atom is 0.227 e. The topological polar surface area (TPSA) is 63.4 Å². The largest absolute Gasteiger partial charge is 0.370 e. The summed E-state index contributed by atoms with van der Waals surface area (Å²) in [5, 5.41) is 0. The van der Waals surface area contributed by atoms with Gasteiger partial charge in [-0.1, -0.05) is 15.9 Å². The van der Waals surface area contributed by atoms with E-state index in [-0.39, 0.29) is 18.2 Å². The van der Waals surface area contributed by atoms with Crippen molar-refractivity contribution >= 4 is 33.4 Å². The number of carbonyl (C=O) groups is 2. The molecule has 0 saturated heterocycles. The highest BCUT2D eigenvalue weighted by Crippen LogP contribution is 2.30. The van der Waals surface area contributed by atoms with Crippen molar-refractivity contribution in [3.8, 4) is 0 Å². The third kappa shape index (κ3) is 2.66. The highest BCUT2D eigenvalue weighted by molar-refractivity contribution is 9.10. The zero-order valence-corrected chi connectivity index (χ0v) is 10.9. The third-order valence-corrected chi connectivity index (χ3v) is 3.32. The van der Waals surface area contributed by atoms with Crippen molar-refractivity contribution in [2.24, 2.45) is 5.73 Å². The van der Waals surface area contributed by atoms with Gasteiger partial charge in [0, 0.05) is 29.5 Å². The van der Waals surface area contributed by atoms with E-state index in [1.807, 2.05) is 18.2 Å². The van der Waals surface area contributed by atoms with E-state index in [0.717, 1.165) is 22.1 Å². The van der Waals surface area contributed by atoms with Crippen LogP contribution in [0.5, 0.6) is 0 Å². The van der Waals surface area contributed by atoms with Crippen LogP contribution in [0.1, 0.15) is 18.4 Å². The molecule has 0 bridgehead atoms. The molecule has 1 heterocycles. The number of anilines is 1. The number of fused-ring (bicyclic) bond motifs is 1. The SMILES string of the molecule is NC(=O)CCN1C(=O)CCc2cc(Br)ccc21. The summed E-state index contributed by atoms with van der Waals surface area (Å²) in [6, 6.07) is 5.81. The summed E-state index contributed by atoms with van der Waals surface area (Å²) in [5.74, 6) is -0.330. The first-order chi connectivity index (χ1) is 8.08. The lowest BCUT2D eigenvalue weighted by Crippen LogP contribution is -2.37. The first-order valence-corrected chi connectivity index (χ1v) is 6.24. The molecule has 2 rings (SSSR count). The molecule has 90 valence electrons. The summed E-state index contributed by atoms with van der Waals surface area (Å²) in [7, 11) is 0. The fraction of sp³-hybridized carbons (Fsp3) is 0.333. The van der Waals surface area contributed by atoms with E-state index >= 15 is 0 Å². The van der Waals surface area contributed by atoms with Crippen molar-refractivity contribution < 1.29 is 9.59 Å². The van der Waals surface area contributed by atoms with E-state index in [1.54, 1.807) is 4.90 Å². The molecule has 1 aliphatic heterocycles. The molecule has 0 atom stereocenters. The number of rotatable bonds is 3. The molecule has 0 aliphatic carbocycles. The number of primary amides is 1. The van der Waals surface area contributed by atoms with Gasteiger partial charge >= 0.3 is 0 Å². The van der Waals surface area contributed by atoms with Gasteiger partial charge in [-0.05, 0) is 30.2 Å². The molecule has 0 aromatic heterocycles. The van der Waals surface area contributed by atoms with Gasteiger partial charge in [0.1, 0.15) is 0 Å². The van der Waals surface area contributed by atoms with Crippen LogP contribution in [0, 0.1) is 0 Å². The van der Waals surface area contributed by atoms with Crippen molar-refractivity contribution in [1.82, 2.24) is 0 Å². The number of hydrogen-bond acceptors (Lipinski definition) is 2. The number of halogens is 1. The Hall–Kier alpha value is -1.36. The average molecular weight is 297 g/mol. The van der Waals surface area contributed by atoms with Gasteiger partial charge in [-0.25, -0.2) is 0 Å². The van der Waals surface area contributed by atoms with Crippen LogP contribution in [0.2, 0.25) is 0 Å². The summed E-state index contributed by atoms with van der Waals surface area (Å²) in [6.07, 6.45) is 1.43. The van der Waals surface area contributed by atoms with E-state index in [1.165, 1.54) is 0 Å². The Kier molecular flexibility index (Phi) is 3.47. The number of nitrogens with zero attached hydrogens (tertiary/aromatic N) is 1. The Morgan fingerprint density at radius 3 is 2.88 bits per heavy atom.